The number of aromatic hydroxyl groups is 1. The molecule has 1 aliphatic heterocycles. The van der Waals surface area contributed by atoms with Crippen LogP contribution < -0.4 is 10.4 Å². The van der Waals surface area contributed by atoms with Crippen molar-refractivity contribution in [2.24, 2.45) is 0 Å². The summed E-state index contributed by atoms with van der Waals surface area (Å²) in [5.74, 6) is -0.931. The third kappa shape index (κ3) is 7.67. The van der Waals surface area contributed by atoms with Crippen molar-refractivity contribution in [3.05, 3.63) is 34.7 Å². The van der Waals surface area contributed by atoms with Gasteiger partial charge in [0.25, 0.3) is 0 Å². The number of benzene rings is 1. The zero-order valence-corrected chi connectivity index (χ0v) is 20.5. The zero-order valence-electron chi connectivity index (χ0n) is 20.5. The van der Waals surface area contributed by atoms with E-state index in [1.165, 1.54) is 49.9 Å². The van der Waals surface area contributed by atoms with Gasteiger partial charge in [-0.25, -0.2) is 4.79 Å². The molecule has 0 radical (unpaired) electrons. The maximum absolute atomic E-state index is 12.1. The van der Waals surface area contributed by atoms with Crippen LogP contribution in [0.1, 0.15) is 64.7 Å². The van der Waals surface area contributed by atoms with E-state index >= 15 is 0 Å². The summed E-state index contributed by atoms with van der Waals surface area (Å²) < 4.78 is 21.4. The third-order valence-electron chi connectivity index (χ3n) is 6.26. The first-order chi connectivity index (χ1) is 17.3. The number of rotatable bonds is 13. The SMILES string of the molecule is CCCCCCCCCCC(=O)OCC1OC(Oc2cc3ccc(=O)oc3cc2O)C(O)C(O)C1O. The fourth-order valence-electron chi connectivity index (χ4n) is 4.11. The molecule has 5 unspecified atom stereocenters. The Bertz CT molecular complexity index is 1040. The minimum absolute atomic E-state index is 0.102. The van der Waals surface area contributed by atoms with Crippen LogP contribution in [0.25, 0.3) is 11.0 Å². The van der Waals surface area contributed by atoms with Gasteiger partial charge in [0.1, 0.15) is 36.6 Å². The number of ether oxygens (including phenoxy) is 3. The first-order valence-electron chi connectivity index (χ1n) is 12.6. The van der Waals surface area contributed by atoms with E-state index in [0.717, 1.165) is 19.3 Å². The van der Waals surface area contributed by atoms with Gasteiger partial charge in [0.15, 0.2) is 11.5 Å². The smallest absolute Gasteiger partial charge is 0.336 e. The van der Waals surface area contributed by atoms with E-state index in [-0.39, 0.29) is 30.1 Å². The molecule has 1 fully saturated rings. The number of carbonyl (C=O) groups excluding carboxylic acids is 1. The molecule has 0 aliphatic carbocycles. The van der Waals surface area contributed by atoms with Crippen LogP contribution in [0.5, 0.6) is 11.5 Å². The first kappa shape index (κ1) is 27.9. The molecule has 0 bridgehead atoms. The van der Waals surface area contributed by atoms with Crippen LogP contribution in [-0.4, -0.2) is 63.7 Å². The van der Waals surface area contributed by atoms with Crippen molar-refractivity contribution in [2.45, 2.75) is 95.4 Å². The normalized spacial score (nSPS) is 24.1. The summed E-state index contributed by atoms with van der Waals surface area (Å²) in [6, 6.07) is 5.23. The fraction of sp³-hybridized carbons (Fsp3) is 0.615. The summed E-state index contributed by atoms with van der Waals surface area (Å²) in [6.45, 7) is 1.84. The molecule has 10 nitrogen and oxygen atoms in total. The summed E-state index contributed by atoms with van der Waals surface area (Å²) >= 11 is 0. The topological polar surface area (TPSA) is 156 Å². The molecule has 1 aliphatic rings. The molecule has 2 aromatic rings. The van der Waals surface area contributed by atoms with Gasteiger partial charge in [-0.05, 0) is 18.6 Å². The lowest BCUT2D eigenvalue weighted by Crippen LogP contribution is -2.60. The van der Waals surface area contributed by atoms with Crippen molar-refractivity contribution in [1.29, 1.82) is 0 Å². The van der Waals surface area contributed by atoms with E-state index in [1.807, 2.05) is 0 Å². The number of phenols is 1. The van der Waals surface area contributed by atoms with Crippen LogP contribution in [0.4, 0.5) is 0 Å². The maximum atomic E-state index is 12.1. The van der Waals surface area contributed by atoms with E-state index in [2.05, 4.69) is 6.92 Å². The van der Waals surface area contributed by atoms with Gasteiger partial charge in [-0.15, -0.1) is 0 Å². The van der Waals surface area contributed by atoms with Gasteiger partial charge in [0.2, 0.25) is 6.29 Å². The number of aliphatic hydroxyl groups excluding tert-OH is 3. The Morgan fingerprint density at radius 2 is 1.64 bits per heavy atom. The highest BCUT2D eigenvalue weighted by Crippen LogP contribution is 2.34. The van der Waals surface area contributed by atoms with Crippen molar-refractivity contribution < 1.29 is 43.8 Å². The third-order valence-corrected chi connectivity index (χ3v) is 6.26. The van der Waals surface area contributed by atoms with Gasteiger partial charge in [-0.1, -0.05) is 51.9 Å². The molecule has 1 aromatic carbocycles. The van der Waals surface area contributed by atoms with E-state index in [1.54, 1.807) is 0 Å². The molecule has 4 N–H and O–H groups in total. The minimum Gasteiger partial charge on any atom is -0.504 e. The maximum Gasteiger partial charge on any atom is 0.336 e. The van der Waals surface area contributed by atoms with E-state index in [4.69, 9.17) is 18.6 Å². The predicted molar refractivity (Wildman–Crippen MR) is 130 cm³/mol. The lowest BCUT2D eigenvalue weighted by molar-refractivity contribution is -0.278. The van der Waals surface area contributed by atoms with Crippen LogP contribution in [0.15, 0.2) is 33.5 Å². The predicted octanol–water partition coefficient (Wildman–Crippen LogP) is 2.76. The second kappa shape index (κ2) is 13.6. The lowest BCUT2D eigenvalue weighted by Gasteiger charge is -2.39. The van der Waals surface area contributed by atoms with Crippen molar-refractivity contribution in [3.63, 3.8) is 0 Å². The van der Waals surface area contributed by atoms with E-state index < -0.39 is 42.3 Å². The van der Waals surface area contributed by atoms with Crippen molar-refractivity contribution >= 4 is 16.9 Å². The highest BCUT2D eigenvalue weighted by Gasteiger charge is 2.45. The highest BCUT2D eigenvalue weighted by molar-refractivity contribution is 5.80. The molecule has 3 rings (SSSR count). The number of carbonyl (C=O) groups is 1. The molecule has 36 heavy (non-hydrogen) atoms. The monoisotopic (exact) mass is 508 g/mol. The number of esters is 1. The van der Waals surface area contributed by atoms with Crippen LogP contribution in [0, 0.1) is 0 Å². The Morgan fingerprint density at radius 3 is 2.36 bits per heavy atom. The van der Waals surface area contributed by atoms with Gasteiger partial charge in [0.05, 0.1) is 0 Å². The van der Waals surface area contributed by atoms with Gasteiger partial charge >= 0.3 is 11.6 Å². The fourth-order valence-corrected chi connectivity index (χ4v) is 4.11. The van der Waals surface area contributed by atoms with Crippen LogP contribution in [0.3, 0.4) is 0 Å². The lowest BCUT2D eigenvalue weighted by atomic mass is 9.99. The van der Waals surface area contributed by atoms with E-state index in [9.17, 15) is 30.0 Å². The molecule has 200 valence electrons. The summed E-state index contributed by atoms with van der Waals surface area (Å²) in [5.41, 5.74) is -0.451. The molecule has 2 heterocycles. The molecule has 5 atom stereocenters. The summed E-state index contributed by atoms with van der Waals surface area (Å²) in [5, 5.41) is 41.6. The van der Waals surface area contributed by atoms with Crippen molar-refractivity contribution in [3.8, 4) is 11.5 Å². The molecular weight excluding hydrogens is 472 g/mol. The second-order valence-electron chi connectivity index (χ2n) is 9.15. The summed E-state index contributed by atoms with van der Waals surface area (Å²) in [6.07, 6.45) is 1.58. The Morgan fingerprint density at radius 1 is 0.944 bits per heavy atom. The quantitative estimate of drug-likeness (QED) is 0.180. The van der Waals surface area contributed by atoms with Gasteiger partial charge in [-0.2, -0.15) is 0 Å². The molecular formula is C26H36O10. The molecule has 0 saturated carbocycles. The Labute approximate surface area is 209 Å². The molecule has 1 saturated heterocycles. The summed E-state index contributed by atoms with van der Waals surface area (Å²) in [4.78, 5) is 23.5. The average molecular weight is 509 g/mol. The second-order valence-corrected chi connectivity index (χ2v) is 9.15. The van der Waals surface area contributed by atoms with Crippen LogP contribution in [-0.2, 0) is 14.3 Å². The van der Waals surface area contributed by atoms with Crippen molar-refractivity contribution in [2.75, 3.05) is 6.61 Å². The van der Waals surface area contributed by atoms with Crippen LogP contribution in [0.2, 0.25) is 0 Å². The number of hydrogen-bond acceptors (Lipinski definition) is 10. The largest absolute Gasteiger partial charge is 0.504 e. The molecule has 1 aromatic heterocycles. The molecule has 0 spiro atoms. The number of aliphatic hydroxyl groups is 3. The van der Waals surface area contributed by atoms with Crippen LogP contribution >= 0.6 is 0 Å². The van der Waals surface area contributed by atoms with Crippen molar-refractivity contribution in [1.82, 2.24) is 0 Å². The molecule has 10 heteroatoms. The Hall–Kier alpha value is -2.66. The number of unbranched alkanes of at least 4 members (excludes halogenated alkanes) is 7. The Balaban J connectivity index is 1.50. The minimum atomic E-state index is -1.65. The van der Waals surface area contributed by atoms with Gasteiger partial charge < -0.3 is 39.1 Å². The number of hydrogen-bond donors (Lipinski definition) is 4. The average Bonchev–Trinajstić information content (AvgIpc) is 2.85. The number of phenolic OH excluding ortho intramolecular Hbond substituents is 1. The first-order valence-corrected chi connectivity index (χ1v) is 12.6. The van der Waals surface area contributed by atoms with Gasteiger partial charge in [-0.3, -0.25) is 4.79 Å². The Kier molecular flexibility index (Phi) is 10.5. The van der Waals surface area contributed by atoms with Gasteiger partial charge in [0, 0.05) is 23.9 Å². The van der Waals surface area contributed by atoms with E-state index in [0.29, 0.717) is 11.8 Å². The number of fused-ring (bicyclic) bond motifs is 1. The highest BCUT2D eigenvalue weighted by atomic mass is 16.7. The zero-order chi connectivity index (χ0) is 26.1. The molecule has 0 amide bonds. The summed E-state index contributed by atoms with van der Waals surface area (Å²) in [7, 11) is 0. The standard InChI is InChI=1S/C26H36O10/c1-2-3-4-5-6-7-8-9-10-21(28)33-15-20-23(30)24(31)25(32)26(36-20)35-19-13-16-11-12-22(29)34-18(16)14-17(19)27/h11-14,20,23-27,30-32H,2-10,15H2,1H3.